The molecule has 208 valence electrons. The van der Waals surface area contributed by atoms with Crippen molar-refractivity contribution in [3.63, 3.8) is 0 Å². The second-order valence-electron chi connectivity index (χ2n) is 9.67. The van der Waals surface area contributed by atoms with E-state index in [1.54, 1.807) is 49.4 Å². The highest BCUT2D eigenvalue weighted by Gasteiger charge is 2.33. The maximum Gasteiger partial charge on any atom is 0.244 e. The van der Waals surface area contributed by atoms with Gasteiger partial charge in [0.1, 0.15) is 12.6 Å². The molecule has 0 aromatic heterocycles. The van der Waals surface area contributed by atoms with Crippen LogP contribution in [0.15, 0.2) is 72.8 Å². The molecule has 0 spiro atoms. The van der Waals surface area contributed by atoms with Crippen LogP contribution in [0.4, 0.5) is 5.69 Å². The number of hydrogen-bond donors (Lipinski definition) is 1. The summed E-state index contributed by atoms with van der Waals surface area (Å²) in [5, 5.41) is 3.84. The lowest BCUT2D eigenvalue weighted by molar-refractivity contribution is -0.140. The molecule has 1 N–H and O–H groups in total. The highest BCUT2D eigenvalue weighted by molar-refractivity contribution is 7.92. The van der Waals surface area contributed by atoms with Gasteiger partial charge in [-0.2, -0.15) is 0 Å². The number of carbonyl (C=O) groups excluding carboxylic acids is 2. The molecule has 0 aliphatic rings. The van der Waals surface area contributed by atoms with E-state index in [0.717, 1.165) is 21.7 Å². The van der Waals surface area contributed by atoms with Gasteiger partial charge in [-0.3, -0.25) is 13.9 Å². The van der Waals surface area contributed by atoms with E-state index in [1.807, 2.05) is 44.2 Å². The lowest BCUT2D eigenvalue weighted by atomic mass is 10.0. The molecule has 0 aliphatic heterocycles. The van der Waals surface area contributed by atoms with Gasteiger partial charge in [0.25, 0.3) is 0 Å². The van der Waals surface area contributed by atoms with E-state index >= 15 is 0 Å². The fourth-order valence-electron chi connectivity index (χ4n) is 4.18. The first-order chi connectivity index (χ1) is 18.4. The summed E-state index contributed by atoms with van der Waals surface area (Å²) in [4.78, 5) is 29.0. The number of anilines is 1. The van der Waals surface area contributed by atoms with Gasteiger partial charge in [0.05, 0.1) is 11.9 Å². The first-order valence-corrected chi connectivity index (χ1v) is 15.1. The number of nitrogens with zero attached hydrogens (tertiary/aromatic N) is 2. The van der Waals surface area contributed by atoms with Crippen LogP contribution in [-0.4, -0.2) is 50.0 Å². The molecular formula is C29H33Cl2N3O4S. The van der Waals surface area contributed by atoms with E-state index in [1.165, 1.54) is 4.90 Å². The van der Waals surface area contributed by atoms with Gasteiger partial charge in [0.2, 0.25) is 21.8 Å². The van der Waals surface area contributed by atoms with E-state index in [0.29, 0.717) is 21.3 Å². The Labute approximate surface area is 240 Å². The molecule has 3 aromatic carbocycles. The smallest absolute Gasteiger partial charge is 0.244 e. The standard InChI is InChI=1S/C29H33Cl2N3O4S/c1-20(2)32-29(36)27(17-22-9-6-5-7-10-22)33(18-23-13-15-24(30)16-14-23)28(35)19-34(39(4,37)38)26-12-8-11-25(31)21(26)3/h5-16,20,27H,17-19H2,1-4H3,(H,32,36)/t27-/m1/s1. The Morgan fingerprint density at radius 1 is 0.897 bits per heavy atom. The van der Waals surface area contributed by atoms with Crippen molar-refractivity contribution in [1.82, 2.24) is 10.2 Å². The predicted molar refractivity (Wildman–Crippen MR) is 158 cm³/mol. The first-order valence-electron chi connectivity index (χ1n) is 12.5. The molecule has 39 heavy (non-hydrogen) atoms. The van der Waals surface area contributed by atoms with Crippen LogP contribution < -0.4 is 9.62 Å². The number of rotatable bonds is 11. The van der Waals surface area contributed by atoms with Crippen molar-refractivity contribution in [3.8, 4) is 0 Å². The van der Waals surface area contributed by atoms with E-state index in [-0.39, 0.29) is 24.9 Å². The number of nitrogens with one attached hydrogen (secondary N) is 1. The second-order valence-corrected chi connectivity index (χ2v) is 12.4. The fourth-order valence-corrected chi connectivity index (χ4v) is 5.38. The maximum atomic E-state index is 14.0. The Hall–Kier alpha value is -3.07. The van der Waals surface area contributed by atoms with Crippen LogP contribution >= 0.6 is 23.2 Å². The summed E-state index contributed by atoms with van der Waals surface area (Å²) in [6.07, 6.45) is 1.28. The minimum atomic E-state index is -3.88. The minimum absolute atomic E-state index is 0.0746. The molecule has 0 aliphatic carbocycles. The molecule has 3 aromatic rings. The lowest BCUT2D eigenvalue weighted by Gasteiger charge is -2.34. The quantitative estimate of drug-likeness (QED) is 0.331. The zero-order valence-electron chi connectivity index (χ0n) is 22.4. The topological polar surface area (TPSA) is 86.8 Å². The maximum absolute atomic E-state index is 14.0. The van der Waals surface area contributed by atoms with Crippen LogP contribution in [0, 0.1) is 6.92 Å². The molecule has 0 unspecified atom stereocenters. The van der Waals surface area contributed by atoms with E-state index < -0.39 is 28.5 Å². The van der Waals surface area contributed by atoms with Crippen LogP contribution in [0.5, 0.6) is 0 Å². The van der Waals surface area contributed by atoms with Gasteiger partial charge in [0.15, 0.2) is 0 Å². The Balaban J connectivity index is 2.07. The third-order valence-electron chi connectivity index (χ3n) is 6.16. The van der Waals surface area contributed by atoms with Gasteiger partial charge in [-0.25, -0.2) is 8.42 Å². The Kier molecular flexibility index (Phi) is 10.4. The van der Waals surface area contributed by atoms with Gasteiger partial charge < -0.3 is 10.2 Å². The predicted octanol–water partition coefficient (Wildman–Crippen LogP) is 5.23. The molecule has 2 amide bonds. The Morgan fingerprint density at radius 2 is 1.54 bits per heavy atom. The molecule has 0 fully saturated rings. The Bertz CT molecular complexity index is 1400. The Morgan fingerprint density at radius 3 is 2.13 bits per heavy atom. The molecule has 0 saturated carbocycles. The minimum Gasteiger partial charge on any atom is -0.352 e. The third-order valence-corrected chi connectivity index (χ3v) is 7.94. The highest BCUT2D eigenvalue weighted by atomic mass is 35.5. The number of sulfonamides is 1. The van der Waals surface area contributed by atoms with E-state index in [9.17, 15) is 18.0 Å². The first kappa shape index (κ1) is 30.5. The number of amides is 2. The van der Waals surface area contributed by atoms with Crippen molar-refractivity contribution < 1.29 is 18.0 Å². The van der Waals surface area contributed by atoms with Crippen LogP contribution in [0.3, 0.4) is 0 Å². The summed E-state index contributed by atoms with van der Waals surface area (Å²) in [5.41, 5.74) is 2.44. The molecule has 0 bridgehead atoms. The summed E-state index contributed by atoms with van der Waals surface area (Å²) < 4.78 is 26.8. The van der Waals surface area contributed by atoms with Crippen LogP contribution in [0.2, 0.25) is 10.0 Å². The summed E-state index contributed by atoms with van der Waals surface area (Å²) in [7, 11) is -3.88. The SMILES string of the molecule is Cc1c(Cl)cccc1N(CC(=O)N(Cc1ccc(Cl)cc1)[C@H](Cc1ccccc1)C(=O)NC(C)C)S(C)(=O)=O. The average Bonchev–Trinajstić information content (AvgIpc) is 2.87. The summed E-state index contributed by atoms with van der Waals surface area (Å²) in [6.45, 7) is 4.95. The summed E-state index contributed by atoms with van der Waals surface area (Å²) in [6, 6.07) is 20.2. The van der Waals surface area contributed by atoms with Crippen molar-refractivity contribution in [1.29, 1.82) is 0 Å². The second kappa shape index (κ2) is 13.3. The molecule has 7 nitrogen and oxygen atoms in total. The number of carbonyl (C=O) groups is 2. The van der Waals surface area contributed by atoms with Crippen molar-refractivity contribution in [2.24, 2.45) is 0 Å². The molecule has 0 heterocycles. The van der Waals surface area contributed by atoms with Gasteiger partial charge in [0, 0.05) is 29.1 Å². The van der Waals surface area contributed by atoms with Crippen molar-refractivity contribution in [2.75, 3.05) is 17.1 Å². The van der Waals surface area contributed by atoms with E-state index in [2.05, 4.69) is 5.32 Å². The summed E-state index contributed by atoms with van der Waals surface area (Å²) in [5.74, 6) is -0.865. The molecule has 3 rings (SSSR count). The summed E-state index contributed by atoms with van der Waals surface area (Å²) >= 11 is 12.4. The molecular weight excluding hydrogens is 557 g/mol. The van der Waals surface area contributed by atoms with Crippen molar-refractivity contribution in [3.05, 3.63) is 99.5 Å². The zero-order chi connectivity index (χ0) is 28.7. The fraction of sp³-hybridized carbons (Fsp3) is 0.310. The van der Waals surface area contributed by atoms with E-state index in [4.69, 9.17) is 23.2 Å². The van der Waals surface area contributed by atoms with Crippen LogP contribution in [-0.2, 0) is 32.6 Å². The third kappa shape index (κ3) is 8.46. The average molecular weight is 591 g/mol. The number of benzene rings is 3. The largest absolute Gasteiger partial charge is 0.352 e. The number of hydrogen-bond acceptors (Lipinski definition) is 4. The van der Waals surface area contributed by atoms with Crippen molar-refractivity contribution in [2.45, 2.75) is 45.8 Å². The van der Waals surface area contributed by atoms with Crippen molar-refractivity contribution >= 4 is 50.7 Å². The van der Waals surface area contributed by atoms with Gasteiger partial charge in [-0.1, -0.05) is 71.7 Å². The highest BCUT2D eigenvalue weighted by Crippen LogP contribution is 2.28. The van der Waals surface area contributed by atoms with Gasteiger partial charge in [-0.05, 0) is 61.7 Å². The monoisotopic (exact) mass is 589 g/mol. The number of halogens is 2. The van der Waals surface area contributed by atoms with Gasteiger partial charge in [-0.15, -0.1) is 0 Å². The van der Waals surface area contributed by atoms with Crippen LogP contribution in [0.25, 0.3) is 0 Å². The van der Waals surface area contributed by atoms with Gasteiger partial charge >= 0.3 is 0 Å². The molecule has 0 radical (unpaired) electrons. The normalized spacial score (nSPS) is 12.2. The van der Waals surface area contributed by atoms with Crippen LogP contribution in [0.1, 0.15) is 30.5 Å². The molecule has 10 heteroatoms. The zero-order valence-corrected chi connectivity index (χ0v) is 24.7. The molecule has 1 atom stereocenters. The molecule has 0 saturated heterocycles. The lowest BCUT2D eigenvalue weighted by Crippen LogP contribution is -2.54.